The van der Waals surface area contributed by atoms with E-state index >= 15 is 0 Å². The molecule has 0 bridgehead atoms. The normalized spacial score (nSPS) is 10.8. The number of benzene rings is 2. The second-order valence-corrected chi connectivity index (χ2v) is 7.25. The van der Waals surface area contributed by atoms with Gasteiger partial charge < -0.3 is 0 Å². The first-order valence-corrected chi connectivity index (χ1v) is 9.27. The van der Waals surface area contributed by atoms with E-state index in [4.69, 9.17) is 9.59 Å². The molecule has 0 saturated heterocycles. The molecule has 7 nitrogen and oxygen atoms in total. The van der Waals surface area contributed by atoms with Crippen LogP contribution in [0.4, 0.5) is 0 Å². The summed E-state index contributed by atoms with van der Waals surface area (Å²) < 4.78 is 23.0. The number of carbonyl (C=O) groups excluding carboxylic acids is 2. The zero-order valence-corrected chi connectivity index (χ0v) is 14.6. The van der Waals surface area contributed by atoms with E-state index in [1.54, 1.807) is 18.3 Å². The lowest BCUT2D eigenvalue weighted by Gasteiger charge is -2.04. The standard InChI is InChI=1S/C17H15N3O2S.CO2/c1-23(21,22)17-10-7-15(8-11-17)14-5-2-13(3-6-14)4-9-16-12-18-20-19-16;2-1-3/h2-12H,1H3,(H,18,19,20);. The largest absolute Gasteiger partial charge is 0.373 e. The highest BCUT2D eigenvalue weighted by atomic mass is 32.2. The lowest BCUT2D eigenvalue weighted by atomic mass is 10.0. The fourth-order valence-electron chi connectivity index (χ4n) is 2.15. The highest BCUT2D eigenvalue weighted by Gasteiger charge is 2.06. The van der Waals surface area contributed by atoms with Gasteiger partial charge in [-0.3, -0.25) is 0 Å². The molecule has 0 aliphatic heterocycles. The van der Waals surface area contributed by atoms with Gasteiger partial charge in [0.15, 0.2) is 9.84 Å². The molecule has 2 aromatic carbocycles. The minimum atomic E-state index is -3.16. The fourth-order valence-corrected chi connectivity index (χ4v) is 2.78. The molecule has 132 valence electrons. The number of rotatable bonds is 4. The third-order valence-corrected chi connectivity index (χ3v) is 4.54. The van der Waals surface area contributed by atoms with Gasteiger partial charge >= 0.3 is 6.15 Å². The molecule has 26 heavy (non-hydrogen) atoms. The molecule has 0 fully saturated rings. The Hall–Kier alpha value is -3.35. The number of nitrogens with one attached hydrogen (secondary N) is 1. The smallest absolute Gasteiger partial charge is 0.224 e. The van der Waals surface area contributed by atoms with Crippen molar-refractivity contribution in [1.29, 1.82) is 0 Å². The van der Waals surface area contributed by atoms with Gasteiger partial charge in [-0.15, -0.1) is 0 Å². The van der Waals surface area contributed by atoms with Crippen LogP contribution < -0.4 is 0 Å². The molecule has 0 aliphatic rings. The van der Waals surface area contributed by atoms with Crippen molar-refractivity contribution in [2.45, 2.75) is 4.90 Å². The van der Waals surface area contributed by atoms with Gasteiger partial charge in [0, 0.05) is 6.26 Å². The number of aromatic nitrogens is 3. The Morgan fingerprint density at radius 1 is 0.923 bits per heavy atom. The van der Waals surface area contributed by atoms with E-state index in [1.165, 1.54) is 6.26 Å². The number of H-pyrrole nitrogens is 1. The molecular weight excluding hydrogens is 354 g/mol. The lowest BCUT2D eigenvalue weighted by Crippen LogP contribution is -1.96. The molecule has 0 unspecified atom stereocenters. The summed E-state index contributed by atoms with van der Waals surface area (Å²) in [4.78, 5) is 16.6. The van der Waals surface area contributed by atoms with Crippen LogP contribution in [0.1, 0.15) is 11.3 Å². The molecule has 0 saturated carbocycles. The van der Waals surface area contributed by atoms with Crippen LogP contribution in [-0.2, 0) is 19.4 Å². The number of sulfone groups is 1. The van der Waals surface area contributed by atoms with E-state index in [-0.39, 0.29) is 6.15 Å². The molecule has 0 spiro atoms. The van der Waals surface area contributed by atoms with E-state index in [1.807, 2.05) is 48.6 Å². The molecule has 0 amide bonds. The predicted molar refractivity (Wildman–Crippen MR) is 95.3 cm³/mol. The van der Waals surface area contributed by atoms with Crippen molar-refractivity contribution in [3.63, 3.8) is 0 Å². The monoisotopic (exact) mass is 369 g/mol. The summed E-state index contributed by atoms with van der Waals surface area (Å²) in [6, 6.07) is 14.9. The van der Waals surface area contributed by atoms with Crippen LogP contribution >= 0.6 is 0 Å². The van der Waals surface area contributed by atoms with Gasteiger partial charge in [0.2, 0.25) is 0 Å². The summed E-state index contributed by atoms with van der Waals surface area (Å²) in [5, 5.41) is 10.3. The molecule has 3 aromatic rings. The SMILES string of the molecule is CS(=O)(=O)c1ccc(-c2ccc(C=Cc3cn[nH]n3)cc2)cc1.O=C=O. The first-order chi connectivity index (χ1) is 12.4. The van der Waals surface area contributed by atoms with Crippen LogP contribution in [0.2, 0.25) is 0 Å². The Kier molecular flexibility index (Phi) is 6.32. The van der Waals surface area contributed by atoms with Crippen molar-refractivity contribution in [1.82, 2.24) is 15.4 Å². The summed E-state index contributed by atoms with van der Waals surface area (Å²) in [7, 11) is -3.16. The van der Waals surface area contributed by atoms with Crippen molar-refractivity contribution in [2.24, 2.45) is 0 Å². The zero-order chi connectivity index (χ0) is 19.0. The van der Waals surface area contributed by atoms with Crippen molar-refractivity contribution in [3.05, 3.63) is 66.0 Å². The topological polar surface area (TPSA) is 110 Å². The minimum Gasteiger partial charge on any atom is -0.224 e. The Balaban J connectivity index is 0.000000758. The predicted octanol–water partition coefficient (Wildman–Crippen LogP) is 2.46. The quantitative estimate of drug-likeness (QED) is 0.756. The van der Waals surface area contributed by atoms with E-state index in [9.17, 15) is 8.42 Å². The molecule has 3 rings (SSSR count). The zero-order valence-electron chi connectivity index (χ0n) is 13.8. The lowest BCUT2D eigenvalue weighted by molar-refractivity contribution is -0.191. The van der Waals surface area contributed by atoms with Crippen molar-refractivity contribution in [3.8, 4) is 11.1 Å². The highest BCUT2D eigenvalue weighted by molar-refractivity contribution is 7.90. The number of aromatic amines is 1. The average molecular weight is 369 g/mol. The van der Waals surface area contributed by atoms with Crippen molar-refractivity contribution < 1.29 is 18.0 Å². The van der Waals surface area contributed by atoms with E-state index in [0.29, 0.717) is 4.90 Å². The number of hydrogen-bond donors (Lipinski definition) is 1. The average Bonchev–Trinajstić information content (AvgIpc) is 3.14. The van der Waals surface area contributed by atoms with Gasteiger partial charge in [-0.2, -0.15) is 25.0 Å². The van der Waals surface area contributed by atoms with Gasteiger partial charge in [0.25, 0.3) is 0 Å². The molecule has 0 radical (unpaired) electrons. The maximum atomic E-state index is 11.5. The van der Waals surface area contributed by atoms with Crippen LogP contribution in [0.15, 0.2) is 59.6 Å². The summed E-state index contributed by atoms with van der Waals surface area (Å²) in [5.74, 6) is 0. The Bertz CT molecular complexity index is 1000. The molecule has 0 atom stereocenters. The van der Waals surface area contributed by atoms with Crippen LogP contribution in [0.3, 0.4) is 0 Å². The van der Waals surface area contributed by atoms with Gasteiger partial charge in [0.1, 0.15) is 5.69 Å². The van der Waals surface area contributed by atoms with Gasteiger partial charge in [-0.1, -0.05) is 42.5 Å². The first kappa shape index (κ1) is 19.0. The van der Waals surface area contributed by atoms with E-state index in [0.717, 1.165) is 22.4 Å². The van der Waals surface area contributed by atoms with Crippen LogP contribution in [0, 0.1) is 0 Å². The van der Waals surface area contributed by atoms with Crippen LogP contribution in [0.5, 0.6) is 0 Å². The van der Waals surface area contributed by atoms with Gasteiger partial charge in [-0.05, 0) is 34.9 Å². The Morgan fingerprint density at radius 3 is 1.92 bits per heavy atom. The summed E-state index contributed by atoms with van der Waals surface area (Å²) in [6.07, 6.45) is 6.93. The molecule has 1 heterocycles. The van der Waals surface area contributed by atoms with Gasteiger partial charge in [-0.25, -0.2) is 8.42 Å². The molecule has 1 N–H and O–H groups in total. The molecular formula is C18H15N3O4S. The second-order valence-electron chi connectivity index (χ2n) is 5.23. The Labute approximate surface area is 150 Å². The van der Waals surface area contributed by atoms with E-state index in [2.05, 4.69) is 15.4 Å². The van der Waals surface area contributed by atoms with Gasteiger partial charge in [0.05, 0.1) is 11.1 Å². The minimum absolute atomic E-state index is 0.250. The third-order valence-electron chi connectivity index (χ3n) is 3.41. The van der Waals surface area contributed by atoms with Crippen LogP contribution in [0.25, 0.3) is 23.3 Å². The summed E-state index contributed by atoms with van der Waals surface area (Å²) in [5.41, 5.74) is 3.82. The highest BCUT2D eigenvalue weighted by Crippen LogP contribution is 2.22. The fraction of sp³-hybridized carbons (Fsp3) is 0.0556. The first-order valence-electron chi connectivity index (χ1n) is 7.38. The molecule has 8 heteroatoms. The summed E-state index contributed by atoms with van der Waals surface area (Å²) in [6.45, 7) is 0. The molecule has 1 aromatic heterocycles. The number of nitrogens with zero attached hydrogens (tertiary/aromatic N) is 2. The third kappa shape index (κ3) is 5.34. The maximum Gasteiger partial charge on any atom is 0.373 e. The maximum absolute atomic E-state index is 11.5. The summed E-state index contributed by atoms with van der Waals surface area (Å²) >= 11 is 0. The second kappa shape index (κ2) is 8.66. The molecule has 0 aliphatic carbocycles. The van der Waals surface area contributed by atoms with Crippen molar-refractivity contribution in [2.75, 3.05) is 6.26 Å². The van der Waals surface area contributed by atoms with Crippen molar-refractivity contribution >= 4 is 28.1 Å². The number of hydrogen-bond acceptors (Lipinski definition) is 6. The Morgan fingerprint density at radius 2 is 1.46 bits per heavy atom. The van der Waals surface area contributed by atoms with Crippen LogP contribution in [-0.4, -0.2) is 36.2 Å². The van der Waals surface area contributed by atoms with E-state index < -0.39 is 9.84 Å².